The van der Waals surface area contributed by atoms with Crippen molar-refractivity contribution in [3.05, 3.63) is 50.9 Å². The van der Waals surface area contributed by atoms with Crippen LogP contribution in [-0.2, 0) is 16.6 Å². The number of hydrogen-bond acceptors (Lipinski definition) is 6. The molecule has 0 unspecified atom stereocenters. The maximum atomic E-state index is 11.7. The van der Waals surface area contributed by atoms with Gasteiger partial charge in [0.15, 0.2) is 0 Å². The summed E-state index contributed by atoms with van der Waals surface area (Å²) in [6, 6.07) is 8.01. The standard InChI is InChI=1S/C13H15N3O4S2/c1-9-3-5-12(16(17)18)11(7-9)15-8-10-4-6-13(21-10)22(19,20)14-2/h3-7,14-15H,8H2,1-2H3. The first-order valence-corrected chi connectivity index (χ1v) is 8.64. The van der Waals surface area contributed by atoms with E-state index in [4.69, 9.17) is 0 Å². The number of thiophene rings is 1. The van der Waals surface area contributed by atoms with Crippen LogP contribution in [0.5, 0.6) is 0 Å². The molecule has 1 heterocycles. The lowest BCUT2D eigenvalue weighted by molar-refractivity contribution is -0.384. The molecule has 7 nitrogen and oxygen atoms in total. The van der Waals surface area contributed by atoms with Crippen molar-refractivity contribution < 1.29 is 13.3 Å². The topological polar surface area (TPSA) is 101 Å². The molecule has 1 aromatic heterocycles. The van der Waals surface area contributed by atoms with Crippen LogP contribution in [0.4, 0.5) is 11.4 Å². The van der Waals surface area contributed by atoms with Crippen molar-refractivity contribution in [1.29, 1.82) is 0 Å². The van der Waals surface area contributed by atoms with Crippen molar-refractivity contribution in [1.82, 2.24) is 4.72 Å². The Morgan fingerprint density at radius 2 is 2.00 bits per heavy atom. The van der Waals surface area contributed by atoms with Crippen molar-refractivity contribution in [2.24, 2.45) is 0 Å². The van der Waals surface area contributed by atoms with Gasteiger partial charge in [0, 0.05) is 17.5 Å². The lowest BCUT2D eigenvalue weighted by Gasteiger charge is -2.06. The van der Waals surface area contributed by atoms with Gasteiger partial charge in [-0.05, 0) is 37.7 Å². The fourth-order valence-corrected chi connectivity index (χ4v) is 3.96. The zero-order valence-corrected chi connectivity index (χ0v) is 13.6. The Morgan fingerprint density at radius 3 is 2.64 bits per heavy atom. The summed E-state index contributed by atoms with van der Waals surface area (Å²) in [4.78, 5) is 11.3. The van der Waals surface area contributed by atoms with Crippen molar-refractivity contribution in [2.45, 2.75) is 17.7 Å². The second kappa shape index (κ2) is 6.42. The molecule has 0 fully saturated rings. The van der Waals surface area contributed by atoms with Crippen LogP contribution in [0.25, 0.3) is 0 Å². The monoisotopic (exact) mass is 341 g/mol. The van der Waals surface area contributed by atoms with Crippen LogP contribution in [-0.4, -0.2) is 20.4 Å². The van der Waals surface area contributed by atoms with Gasteiger partial charge in [-0.3, -0.25) is 10.1 Å². The minimum atomic E-state index is -3.46. The largest absolute Gasteiger partial charge is 0.375 e. The van der Waals surface area contributed by atoms with Gasteiger partial charge in [0.1, 0.15) is 9.90 Å². The molecule has 0 saturated heterocycles. The summed E-state index contributed by atoms with van der Waals surface area (Å²) in [6.45, 7) is 2.16. The van der Waals surface area contributed by atoms with Crippen molar-refractivity contribution in [2.75, 3.05) is 12.4 Å². The molecule has 0 saturated carbocycles. The van der Waals surface area contributed by atoms with Gasteiger partial charge in [0.2, 0.25) is 10.0 Å². The van der Waals surface area contributed by atoms with Gasteiger partial charge in [-0.1, -0.05) is 6.07 Å². The lowest BCUT2D eigenvalue weighted by atomic mass is 10.2. The minimum absolute atomic E-state index is 0.00905. The summed E-state index contributed by atoms with van der Waals surface area (Å²) in [6.07, 6.45) is 0. The first-order valence-electron chi connectivity index (χ1n) is 6.34. The highest BCUT2D eigenvalue weighted by atomic mass is 32.2. The Balaban J connectivity index is 2.18. The number of nitrogens with zero attached hydrogens (tertiary/aromatic N) is 1. The van der Waals surface area contributed by atoms with Crippen LogP contribution < -0.4 is 10.0 Å². The van der Waals surface area contributed by atoms with E-state index in [9.17, 15) is 18.5 Å². The van der Waals surface area contributed by atoms with E-state index in [0.717, 1.165) is 21.8 Å². The number of nitro benzene ring substituents is 1. The Hall–Kier alpha value is -1.97. The third-order valence-corrected chi connectivity index (χ3v) is 5.96. The van der Waals surface area contributed by atoms with E-state index >= 15 is 0 Å². The summed E-state index contributed by atoms with van der Waals surface area (Å²) in [5, 5.41) is 14.0. The molecule has 9 heteroatoms. The van der Waals surface area contributed by atoms with Crippen LogP contribution in [0.3, 0.4) is 0 Å². The lowest BCUT2D eigenvalue weighted by Crippen LogP contribution is -2.17. The third kappa shape index (κ3) is 3.62. The maximum absolute atomic E-state index is 11.7. The highest BCUT2D eigenvalue weighted by Gasteiger charge is 2.16. The molecule has 0 bridgehead atoms. The second-order valence-corrected chi connectivity index (χ2v) is 7.84. The Bertz CT molecular complexity index is 799. The van der Waals surface area contributed by atoms with Crippen molar-refractivity contribution in [3.63, 3.8) is 0 Å². The van der Waals surface area contributed by atoms with E-state index in [1.165, 1.54) is 19.2 Å². The molecule has 2 aromatic rings. The van der Waals surface area contributed by atoms with Crippen LogP contribution in [0.2, 0.25) is 0 Å². The molecule has 0 atom stereocenters. The van der Waals surface area contributed by atoms with Crippen LogP contribution in [0.15, 0.2) is 34.5 Å². The summed E-state index contributed by atoms with van der Waals surface area (Å²) >= 11 is 1.12. The quantitative estimate of drug-likeness (QED) is 0.621. The smallest absolute Gasteiger partial charge is 0.292 e. The van der Waals surface area contributed by atoms with Gasteiger partial charge in [0.05, 0.1) is 4.92 Å². The zero-order valence-electron chi connectivity index (χ0n) is 12.0. The Labute approximate surface area is 132 Å². The molecular weight excluding hydrogens is 326 g/mol. The third-order valence-electron chi connectivity index (χ3n) is 2.97. The van der Waals surface area contributed by atoms with Crippen LogP contribution in [0.1, 0.15) is 10.4 Å². The Morgan fingerprint density at radius 1 is 1.27 bits per heavy atom. The summed E-state index contributed by atoms with van der Waals surface area (Å²) in [5.41, 5.74) is 1.30. The van der Waals surface area contributed by atoms with Gasteiger partial charge >= 0.3 is 0 Å². The molecule has 0 amide bonds. The normalized spacial score (nSPS) is 11.4. The predicted octanol–water partition coefficient (Wildman–Crippen LogP) is 2.48. The van der Waals surface area contributed by atoms with E-state index in [-0.39, 0.29) is 9.90 Å². The number of sulfonamides is 1. The summed E-state index contributed by atoms with van der Waals surface area (Å²) in [7, 11) is -2.11. The van der Waals surface area contributed by atoms with E-state index in [2.05, 4.69) is 10.0 Å². The fraction of sp³-hybridized carbons (Fsp3) is 0.231. The van der Waals surface area contributed by atoms with Crippen molar-refractivity contribution in [3.8, 4) is 0 Å². The molecule has 0 spiro atoms. The number of nitro groups is 1. The molecule has 1 aromatic carbocycles. The molecule has 0 aliphatic carbocycles. The number of nitrogens with one attached hydrogen (secondary N) is 2. The first kappa shape index (κ1) is 16.4. The predicted molar refractivity (Wildman–Crippen MR) is 85.7 cm³/mol. The molecule has 2 rings (SSSR count). The SMILES string of the molecule is CNS(=O)(=O)c1ccc(CNc2cc(C)ccc2[N+](=O)[O-])s1. The van der Waals surface area contributed by atoms with Crippen LogP contribution >= 0.6 is 11.3 Å². The summed E-state index contributed by atoms with van der Waals surface area (Å²) < 4.78 is 25.8. The average Bonchev–Trinajstić information content (AvgIpc) is 2.94. The highest BCUT2D eigenvalue weighted by molar-refractivity contribution is 7.91. The van der Waals surface area contributed by atoms with Crippen LogP contribution in [0, 0.1) is 17.0 Å². The number of anilines is 1. The van der Waals surface area contributed by atoms with Crippen molar-refractivity contribution >= 4 is 32.7 Å². The molecule has 0 radical (unpaired) electrons. The maximum Gasteiger partial charge on any atom is 0.292 e. The van der Waals surface area contributed by atoms with E-state index in [1.54, 1.807) is 18.2 Å². The molecule has 118 valence electrons. The van der Waals surface area contributed by atoms with E-state index in [1.807, 2.05) is 6.92 Å². The van der Waals surface area contributed by atoms with Gasteiger partial charge < -0.3 is 5.32 Å². The number of rotatable bonds is 6. The summed E-state index contributed by atoms with van der Waals surface area (Å²) in [5.74, 6) is 0. The average molecular weight is 341 g/mol. The molecule has 0 aliphatic heterocycles. The van der Waals surface area contributed by atoms with Gasteiger partial charge in [-0.2, -0.15) is 0 Å². The number of aryl methyl sites for hydroxylation is 1. The first-order chi connectivity index (χ1) is 10.3. The molecular formula is C13H15N3O4S2. The molecule has 2 N–H and O–H groups in total. The van der Waals surface area contributed by atoms with Gasteiger partial charge in [0.25, 0.3) is 5.69 Å². The molecule has 22 heavy (non-hydrogen) atoms. The second-order valence-electron chi connectivity index (χ2n) is 4.56. The molecule has 0 aliphatic rings. The Kier molecular flexibility index (Phi) is 4.79. The van der Waals surface area contributed by atoms with Gasteiger partial charge in [-0.25, -0.2) is 13.1 Å². The van der Waals surface area contributed by atoms with E-state index < -0.39 is 14.9 Å². The minimum Gasteiger partial charge on any atom is -0.375 e. The van der Waals surface area contributed by atoms with E-state index in [0.29, 0.717) is 12.2 Å². The number of benzene rings is 1. The fourth-order valence-electron chi connectivity index (χ4n) is 1.83. The zero-order chi connectivity index (χ0) is 16.3. The van der Waals surface area contributed by atoms with Gasteiger partial charge in [-0.15, -0.1) is 11.3 Å². The number of hydrogen-bond donors (Lipinski definition) is 2. The highest BCUT2D eigenvalue weighted by Crippen LogP contribution is 2.27.